The Bertz CT molecular complexity index is 559. The van der Waals surface area contributed by atoms with Crippen LogP contribution in [0, 0.1) is 5.92 Å². The Morgan fingerprint density at radius 1 is 1.14 bits per heavy atom. The van der Waals surface area contributed by atoms with E-state index in [1.807, 2.05) is 29.2 Å². The molecule has 1 saturated heterocycles. The van der Waals surface area contributed by atoms with E-state index >= 15 is 0 Å². The second-order valence-corrected chi connectivity index (χ2v) is 6.29. The summed E-state index contributed by atoms with van der Waals surface area (Å²) in [5, 5.41) is 6.74. The highest BCUT2D eigenvalue weighted by Crippen LogP contribution is 2.30. The number of amides is 1. The molecule has 112 valence electrons. The molecule has 0 aliphatic carbocycles. The number of nitrogens with zero attached hydrogens (tertiary/aromatic N) is 3. The molecule has 0 unspecified atom stereocenters. The second-order valence-electron chi connectivity index (χ2n) is 6.29. The van der Waals surface area contributed by atoms with E-state index in [1.165, 1.54) is 19.3 Å². The number of anilines is 1. The largest absolute Gasteiger partial charge is 0.306 e. The molecule has 0 aromatic heterocycles. The molecule has 3 rings (SSSR count). The summed E-state index contributed by atoms with van der Waals surface area (Å²) in [6.07, 6.45) is 3.61. The lowest BCUT2D eigenvalue weighted by molar-refractivity contribution is -0.112. The van der Waals surface area contributed by atoms with Crippen molar-refractivity contribution in [3.8, 4) is 0 Å². The Morgan fingerprint density at radius 3 is 2.57 bits per heavy atom. The fourth-order valence-electron chi connectivity index (χ4n) is 3.02. The van der Waals surface area contributed by atoms with Gasteiger partial charge < -0.3 is 4.90 Å². The summed E-state index contributed by atoms with van der Waals surface area (Å²) >= 11 is 0. The van der Waals surface area contributed by atoms with E-state index in [9.17, 15) is 4.79 Å². The second kappa shape index (κ2) is 5.88. The molecule has 4 heteroatoms. The zero-order chi connectivity index (χ0) is 14.8. The number of rotatable bonds is 3. The first-order chi connectivity index (χ1) is 10.2. The van der Waals surface area contributed by atoms with Gasteiger partial charge in [-0.25, -0.2) is 0 Å². The Hall–Kier alpha value is -1.84. The van der Waals surface area contributed by atoms with E-state index in [-0.39, 0.29) is 5.91 Å². The molecule has 1 aromatic carbocycles. The van der Waals surface area contributed by atoms with Crippen molar-refractivity contribution >= 4 is 17.3 Å². The van der Waals surface area contributed by atoms with Crippen molar-refractivity contribution in [1.29, 1.82) is 0 Å². The highest BCUT2D eigenvalue weighted by atomic mass is 16.2. The topological polar surface area (TPSA) is 35.9 Å². The zero-order valence-electron chi connectivity index (χ0n) is 12.9. The number of hydrogen-bond acceptors (Lipinski definition) is 3. The summed E-state index contributed by atoms with van der Waals surface area (Å²) < 4.78 is 0. The van der Waals surface area contributed by atoms with Gasteiger partial charge >= 0.3 is 0 Å². The average Bonchev–Trinajstić information content (AvgIpc) is 2.74. The first-order valence-electron chi connectivity index (χ1n) is 7.91. The molecule has 0 saturated carbocycles. The van der Waals surface area contributed by atoms with Crippen LogP contribution in [0.3, 0.4) is 0 Å². The lowest BCUT2D eigenvalue weighted by Gasteiger charge is -2.24. The Kier molecular flexibility index (Phi) is 3.95. The maximum absolute atomic E-state index is 12.7. The number of fused-ring (bicyclic) bond motifs is 1. The predicted molar refractivity (Wildman–Crippen MR) is 85.6 cm³/mol. The number of benzene rings is 1. The minimum Gasteiger partial charge on any atom is -0.306 e. The van der Waals surface area contributed by atoms with Crippen LogP contribution in [0.1, 0.15) is 38.7 Å². The van der Waals surface area contributed by atoms with Crippen LogP contribution in [0.2, 0.25) is 0 Å². The first-order valence-corrected chi connectivity index (χ1v) is 7.91. The zero-order valence-corrected chi connectivity index (χ0v) is 12.9. The van der Waals surface area contributed by atoms with Crippen molar-refractivity contribution in [2.45, 2.75) is 33.1 Å². The predicted octanol–water partition coefficient (Wildman–Crippen LogP) is 2.88. The lowest BCUT2D eigenvalue weighted by Crippen LogP contribution is -2.35. The van der Waals surface area contributed by atoms with Gasteiger partial charge in [0.05, 0.1) is 5.69 Å². The third-order valence-corrected chi connectivity index (χ3v) is 4.02. The van der Waals surface area contributed by atoms with Crippen LogP contribution < -0.4 is 4.90 Å². The van der Waals surface area contributed by atoms with Crippen molar-refractivity contribution < 1.29 is 4.79 Å². The molecule has 0 N–H and O–H groups in total. The summed E-state index contributed by atoms with van der Waals surface area (Å²) in [7, 11) is 0. The number of hydrazone groups is 1. The Balaban J connectivity index is 1.94. The molecule has 0 atom stereocenters. The van der Waals surface area contributed by atoms with Gasteiger partial charge in [-0.2, -0.15) is 5.10 Å². The van der Waals surface area contributed by atoms with Crippen LogP contribution in [0.15, 0.2) is 29.4 Å². The van der Waals surface area contributed by atoms with Gasteiger partial charge in [-0.05, 0) is 31.2 Å². The Morgan fingerprint density at radius 2 is 1.86 bits per heavy atom. The quantitative estimate of drug-likeness (QED) is 0.856. The van der Waals surface area contributed by atoms with E-state index in [1.54, 1.807) is 0 Å². The third kappa shape index (κ3) is 2.80. The standard InChI is InChI=1S/C17H23N3O/c1-13(2)12-20-15-9-5-4-8-14(15)16(17(20)21)18-19-10-6-3-7-11-19/h4-5,8-9,13H,3,6-7,10-12H2,1-2H3. The van der Waals surface area contributed by atoms with Crippen LogP contribution >= 0.6 is 0 Å². The number of carbonyl (C=O) groups excluding carboxylic acids is 1. The summed E-state index contributed by atoms with van der Waals surface area (Å²) in [5.41, 5.74) is 2.61. The molecular weight excluding hydrogens is 262 g/mol. The maximum Gasteiger partial charge on any atom is 0.279 e. The van der Waals surface area contributed by atoms with Gasteiger partial charge in [0.25, 0.3) is 5.91 Å². The van der Waals surface area contributed by atoms with E-state index in [0.717, 1.165) is 30.9 Å². The number of para-hydroxylation sites is 1. The summed E-state index contributed by atoms with van der Waals surface area (Å²) in [6, 6.07) is 8.00. The van der Waals surface area contributed by atoms with Gasteiger partial charge in [0.1, 0.15) is 0 Å². The van der Waals surface area contributed by atoms with E-state index in [0.29, 0.717) is 11.6 Å². The molecule has 1 fully saturated rings. The number of piperidine rings is 1. The highest BCUT2D eigenvalue weighted by molar-refractivity contribution is 6.54. The van der Waals surface area contributed by atoms with Crippen LogP contribution in [0.4, 0.5) is 5.69 Å². The van der Waals surface area contributed by atoms with E-state index < -0.39 is 0 Å². The van der Waals surface area contributed by atoms with Gasteiger partial charge in [0.15, 0.2) is 5.71 Å². The fourth-order valence-corrected chi connectivity index (χ4v) is 3.02. The fraction of sp³-hybridized carbons (Fsp3) is 0.529. The van der Waals surface area contributed by atoms with Crippen molar-refractivity contribution in [2.24, 2.45) is 11.0 Å². The smallest absolute Gasteiger partial charge is 0.279 e. The normalized spacial score (nSPS) is 20.5. The van der Waals surface area contributed by atoms with Crippen molar-refractivity contribution in [2.75, 3.05) is 24.5 Å². The van der Waals surface area contributed by atoms with Gasteiger partial charge in [0.2, 0.25) is 0 Å². The number of hydrogen-bond donors (Lipinski definition) is 0. The van der Waals surface area contributed by atoms with Crippen LogP contribution in [-0.2, 0) is 4.79 Å². The van der Waals surface area contributed by atoms with E-state index in [4.69, 9.17) is 0 Å². The summed E-state index contributed by atoms with van der Waals surface area (Å²) in [6.45, 7) is 6.94. The van der Waals surface area contributed by atoms with Gasteiger partial charge in [-0.1, -0.05) is 32.0 Å². The molecule has 1 amide bonds. The molecule has 0 spiro atoms. The molecule has 2 aliphatic rings. The number of carbonyl (C=O) groups is 1. The van der Waals surface area contributed by atoms with Gasteiger partial charge in [0, 0.05) is 25.2 Å². The minimum absolute atomic E-state index is 0.0514. The van der Waals surface area contributed by atoms with Crippen LogP contribution in [-0.4, -0.2) is 36.3 Å². The van der Waals surface area contributed by atoms with Crippen molar-refractivity contribution in [1.82, 2.24) is 5.01 Å². The Labute approximate surface area is 126 Å². The van der Waals surface area contributed by atoms with Crippen LogP contribution in [0.5, 0.6) is 0 Å². The average molecular weight is 285 g/mol. The summed E-state index contributed by atoms with van der Waals surface area (Å²) in [5.74, 6) is 0.492. The monoisotopic (exact) mass is 285 g/mol. The van der Waals surface area contributed by atoms with Gasteiger partial charge in [-0.15, -0.1) is 0 Å². The maximum atomic E-state index is 12.7. The molecule has 0 radical (unpaired) electrons. The molecule has 1 aromatic rings. The minimum atomic E-state index is 0.0514. The molecule has 0 bridgehead atoms. The summed E-state index contributed by atoms with van der Waals surface area (Å²) in [4.78, 5) is 14.6. The molecular formula is C17H23N3O. The lowest BCUT2D eigenvalue weighted by atomic mass is 10.1. The van der Waals surface area contributed by atoms with Crippen LogP contribution in [0.25, 0.3) is 0 Å². The van der Waals surface area contributed by atoms with Crippen molar-refractivity contribution in [3.63, 3.8) is 0 Å². The highest BCUT2D eigenvalue weighted by Gasteiger charge is 2.34. The molecule has 2 aliphatic heterocycles. The molecule has 4 nitrogen and oxygen atoms in total. The van der Waals surface area contributed by atoms with E-state index in [2.05, 4.69) is 24.0 Å². The third-order valence-electron chi connectivity index (χ3n) is 4.02. The molecule has 2 heterocycles. The van der Waals surface area contributed by atoms with Gasteiger partial charge in [-0.3, -0.25) is 9.80 Å². The first kappa shape index (κ1) is 14.1. The van der Waals surface area contributed by atoms with Crippen molar-refractivity contribution in [3.05, 3.63) is 29.8 Å². The molecule has 21 heavy (non-hydrogen) atoms. The SMILES string of the molecule is CC(C)CN1C(=O)C(=NN2CCCCC2)c2ccccc21.